The van der Waals surface area contributed by atoms with E-state index in [0.29, 0.717) is 13.0 Å². The van der Waals surface area contributed by atoms with Crippen LogP contribution in [0.3, 0.4) is 0 Å². The van der Waals surface area contributed by atoms with Gasteiger partial charge in [-0.15, -0.1) is 0 Å². The lowest BCUT2D eigenvalue weighted by molar-refractivity contribution is 0.160. The van der Waals surface area contributed by atoms with Crippen LogP contribution in [0.15, 0.2) is 34.7 Å². The van der Waals surface area contributed by atoms with E-state index in [9.17, 15) is 4.39 Å². The van der Waals surface area contributed by atoms with Crippen LogP contribution < -0.4 is 16.8 Å². The van der Waals surface area contributed by atoms with E-state index in [1.54, 1.807) is 25.3 Å². The molecule has 3 unspecified atom stereocenters. The third-order valence-corrected chi connectivity index (χ3v) is 3.84. The Kier molecular flexibility index (Phi) is 5.64. The van der Waals surface area contributed by atoms with Crippen molar-refractivity contribution in [1.82, 2.24) is 10.2 Å². The minimum atomic E-state index is -0.970. The molecule has 2 rings (SSSR count). The Balaban J connectivity index is 2.15. The van der Waals surface area contributed by atoms with Gasteiger partial charge in [0.1, 0.15) is 11.9 Å². The maximum Gasteiger partial charge on any atom is 0.123 e. The van der Waals surface area contributed by atoms with Crippen molar-refractivity contribution in [2.75, 3.05) is 26.7 Å². The summed E-state index contributed by atoms with van der Waals surface area (Å²) in [6, 6.07) is -0.143. The first-order valence-electron chi connectivity index (χ1n) is 6.96. The molecule has 1 aliphatic heterocycles. The Morgan fingerprint density at radius 1 is 1.67 bits per heavy atom. The van der Waals surface area contributed by atoms with Crippen LogP contribution in [0.5, 0.6) is 0 Å². The molecule has 5 nitrogen and oxygen atoms in total. The maximum absolute atomic E-state index is 13.6. The second kappa shape index (κ2) is 7.26. The van der Waals surface area contributed by atoms with E-state index >= 15 is 0 Å². The van der Waals surface area contributed by atoms with Crippen LogP contribution in [0.25, 0.3) is 0 Å². The second-order valence-electron chi connectivity index (χ2n) is 5.21. The van der Waals surface area contributed by atoms with Gasteiger partial charge in [-0.2, -0.15) is 0 Å². The smallest absolute Gasteiger partial charge is 0.123 e. The minimum Gasteiger partial charge on any atom is -0.497 e. The van der Waals surface area contributed by atoms with Gasteiger partial charge >= 0.3 is 0 Å². The van der Waals surface area contributed by atoms with Crippen molar-refractivity contribution in [3.8, 4) is 0 Å². The summed E-state index contributed by atoms with van der Waals surface area (Å²) in [5.74, 6) is 0.720. The Hall–Kier alpha value is -1.08. The predicted molar refractivity (Wildman–Crippen MR) is 82.2 cm³/mol. The summed E-state index contributed by atoms with van der Waals surface area (Å²) in [7, 11) is 1.59. The Bertz CT molecular complexity index is 462. The van der Waals surface area contributed by atoms with Crippen LogP contribution in [0.1, 0.15) is 6.42 Å². The number of piperazine rings is 1. The summed E-state index contributed by atoms with van der Waals surface area (Å²) in [4.78, 5) is 2.12. The molecule has 1 saturated heterocycles. The quantitative estimate of drug-likeness (QED) is 0.668. The highest BCUT2D eigenvalue weighted by atomic mass is 35.5. The predicted octanol–water partition coefficient (Wildman–Crippen LogP) is 0.782. The number of nitrogens with two attached hydrogens (primary N) is 2. The van der Waals surface area contributed by atoms with E-state index in [4.69, 9.17) is 27.8 Å². The molecule has 1 heterocycles. The molecule has 118 valence electrons. The zero-order chi connectivity index (χ0) is 15.4. The Morgan fingerprint density at radius 2 is 2.43 bits per heavy atom. The standard InChI is InChI=1S/C14H22ClFN4O/c1-21-12-3-2-10(16)6-9(12)8-20-5-4-19-14(18)11(20)7-13(15)17/h3,6-7,10-11,14,19H,2,4-5,8,17-18H2,1H3/b13-7-. The number of methoxy groups -OCH3 is 1. The number of ether oxygens (including phenoxy) is 1. The van der Waals surface area contributed by atoms with Crippen molar-refractivity contribution < 1.29 is 9.13 Å². The van der Waals surface area contributed by atoms with Crippen molar-refractivity contribution in [3.05, 3.63) is 34.7 Å². The van der Waals surface area contributed by atoms with Gasteiger partial charge in [0.2, 0.25) is 0 Å². The fourth-order valence-electron chi connectivity index (χ4n) is 2.71. The molecule has 0 spiro atoms. The summed E-state index contributed by atoms with van der Waals surface area (Å²) in [6.07, 6.45) is 4.22. The fraction of sp³-hybridized carbons (Fsp3) is 0.571. The molecule has 0 aromatic heterocycles. The SMILES string of the molecule is COC1=CCC(F)C=C1CN1CCNC(N)C1/C=C(\N)Cl. The normalized spacial score (nSPS) is 31.6. The summed E-state index contributed by atoms with van der Waals surface area (Å²) < 4.78 is 18.9. The molecule has 21 heavy (non-hydrogen) atoms. The summed E-state index contributed by atoms with van der Waals surface area (Å²) in [5.41, 5.74) is 12.5. The van der Waals surface area contributed by atoms with Gasteiger partial charge < -0.3 is 16.2 Å². The average molecular weight is 317 g/mol. The van der Waals surface area contributed by atoms with E-state index in [-0.39, 0.29) is 17.4 Å². The number of hydrogen-bond donors (Lipinski definition) is 3. The first kappa shape index (κ1) is 16.3. The number of alkyl halides is 1. The number of rotatable bonds is 4. The molecule has 3 atom stereocenters. The molecule has 0 amide bonds. The second-order valence-corrected chi connectivity index (χ2v) is 5.65. The molecule has 1 fully saturated rings. The summed E-state index contributed by atoms with van der Waals surface area (Å²) in [6.45, 7) is 2.07. The van der Waals surface area contributed by atoms with Crippen LogP contribution in [-0.4, -0.2) is 50.0 Å². The molecule has 7 heteroatoms. The highest BCUT2D eigenvalue weighted by Crippen LogP contribution is 2.24. The molecule has 5 N–H and O–H groups in total. The largest absolute Gasteiger partial charge is 0.497 e. The van der Waals surface area contributed by atoms with Crippen molar-refractivity contribution in [3.63, 3.8) is 0 Å². The monoisotopic (exact) mass is 316 g/mol. The molecule has 0 radical (unpaired) electrons. The molecule has 1 aliphatic carbocycles. The van der Waals surface area contributed by atoms with Crippen LogP contribution in [-0.2, 0) is 4.74 Å². The van der Waals surface area contributed by atoms with Gasteiger partial charge in [-0.1, -0.05) is 11.6 Å². The zero-order valence-corrected chi connectivity index (χ0v) is 12.8. The third-order valence-electron chi connectivity index (χ3n) is 3.72. The van der Waals surface area contributed by atoms with E-state index < -0.39 is 6.17 Å². The number of halogens is 2. The fourth-order valence-corrected chi connectivity index (χ4v) is 2.84. The third kappa shape index (κ3) is 4.20. The first-order chi connectivity index (χ1) is 10.0. The van der Waals surface area contributed by atoms with Gasteiger partial charge in [0, 0.05) is 31.6 Å². The van der Waals surface area contributed by atoms with Gasteiger partial charge in [0.25, 0.3) is 0 Å². The van der Waals surface area contributed by atoms with E-state index in [2.05, 4.69) is 10.2 Å². The number of allylic oxidation sites excluding steroid dienone is 2. The first-order valence-corrected chi connectivity index (χ1v) is 7.34. The summed E-state index contributed by atoms with van der Waals surface area (Å²) >= 11 is 5.78. The summed E-state index contributed by atoms with van der Waals surface area (Å²) in [5, 5.41) is 3.38. The molecule has 0 aromatic rings. The van der Waals surface area contributed by atoms with E-state index in [0.717, 1.165) is 24.4 Å². The number of nitrogens with one attached hydrogen (secondary N) is 1. The Labute approximate surface area is 129 Å². The molecule has 2 aliphatic rings. The maximum atomic E-state index is 13.6. The lowest BCUT2D eigenvalue weighted by atomic mass is 10.0. The lowest BCUT2D eigenvalue weighted by Crippen LogP contribution is -2.61. The average Bonchev–Trinajstić information content (AvgIpc) is 2.42. The molecular weight excluding hydrogens is 295 g/mol. The van der Waals surface area contributed by atoms with Crippen LogP contribution >= 0.6 is 11.6 Å². The van der Waals surface area contributed by atoms with Gasteiger partial charge in [0.05, 0.1) is 24.5 Å². The van der Waals surface area contributed by atoms with Gasteiger partial charge in [-0.25, -0.2) is 4.39 Å². The Morgan fingerprint density at radius 3 is 3.10 bits per heavy atom. The molecule has 0 aromatic carbocycles. The van der Waals surface area contributed by atoms with Crippen LogP contribution in [0.2, 0.25) is 0 Å². The van der Waals surface area contributed by atoms with Crippen LogP contribution in [0, 0.1) is 0 Å². The zero-order valence-electron chi connectivity index (χ0n) is 12.1. The van der Waals surface area contributed by atoms with Gasteiger partial charge in [-0.05, 0) is 18.2 Å². The van der Waals surface area contributed by atoms with Crippen molar-refractivity contribution in [2.24, 2.45) is 11.5 Å². The van der Waals surface area contributed by atoms with Gasteiger partial charge in [-0.3, -0.25) is 10.2 Å². The van der Waals surface area contributed by atoms with Crippen molar-refractivity contribution >= 4 is 11.6 Å². The van der Waals surface area contributed by atoms with E-state index in [1.807, 2.05) is 0 Å². The molecular formula is C14H22ClFN4O. The molecule has 0 saturated carbocycles. The number of hydrogen-bond acceptors (Lipinski definition) is 5. The van der Waals surface area contributed by atoms with Gasteiger partial charge in [0.15, 0.2) is 0 Å². The van der Waals surface area contributed by atoms with E-state index in [1.165, 1.54) is 0 Å². The minimum absolute atomic E-state index is 0.143. The molecule has 0 bridgehead atoms. The highest BCUT2D eigenvalue weighted by Gasteiger charge is 2.29. The lowest BCUT2D eigenvalue weighted by Gasteiger charge is -2.39. The highest BCUT2D eigenvalue weighted by molar-refractivity contribution is 6.29. The van der Waals surface area contributed by atoms with Crippen molar-refractivity contribution in [2.45, 2.75) is 24.8 Å². The van der Waals surface area contributed by atoms with Crippen LogP contribution in [0.4, 0.5) is 4.39 Å². The topological polar surface area (TPSA) is 76.5 Å². The van der Waals surface area contributed by atoms with Crippen molar-refractivity contribution in [1.29, 1.82) is 0 Å². The number of nitrogens with zero attached hydrogens (tertiary/aromatic N) is 1.